The first-order chi connectivity index (χ1) is 16.6. The fourth-order valence-electron chi connectivity index (χ4n) is 3.52. The third-order valence-corrected chi connectivity index (χ3v) is 6.43. The van der Waals surface area contributed by atoms with Gasteiger partial charge in [0.1, 0.15) is 12.1 Å². The normalized spacial score (nSPS) is 14.7. The van der Waals surface area contributed by atoms with Crippen LogP contribution in [0.2, 0.25) is 0 Å². The Bertz CT molecular complexity index is 960. The summed E-state index contributed by atoms with van der Waals surface area (Å²) in [6.45, 7) is 5.57. The quantitative estimate of drug-likeness (QED) is 0.140. The summed E-state index contributed by atoms with van der Waals surface area (Å²) in [5, 5.41) is 8.25. The van der Waals surface area contributed by atoms with Gasteiger partial charge in [0.15, 0.2) is 0 Å². The maximum atomic E-state index is 12.8. The Kier molecular flexibility index (Phi) is 11.4. The second kappa shape index (κ2) is 14.0. The average molecular weight is 596 g/mol. The van der Waals surface area contributed by atoms with Gasteiger partial charge in [0.2, 0.25) is 17.7 Å². The van der Waals surface area contributed by atoms with E-state index in [2.05, 4.69) is 38.5 Å². The number of nitrogens with zero attached hydrogens (tertiary/aromatic N) is 1. The van der Waals surface area contributed by atoms with Crippen LogP contribution < -0.4 is 16.0 Å². The maximum Gasteiger partial charge on any atom is 0.253 e. The standard InChI is InChI=1S/C25H33IN4O5/c1-16(2)23(29-20(31)10-5-4-6-13-30-21(32)11-12-22(30)33)25(35)27-17(3)24(34)28-19-9-7-8-18(14-19)15-26/h7-9,11-12,14,16-17,23H,4-6,10,13,15H2,1-3H3,(H,27,35)(H,28,34)(H,29,31)/t17-,23-/m0/s1. The number of carbonyl (C=O) groups excluding carboxylic acids is 5. The summed E-state index contributed by atoms with van der Waals surface area (Å²) < 4.78 is 0.818. The molecule has 5 amide bonds. The molecule has 3 N–H and O–H groups in total. The highest BCUT2D eigenvalue weighted by Crippen LogP contribution is 2.14. The van der Waals surface area contributed by atoms with E-state index >= 15 is 0 Å². The minimum Gasteiger partial charge on any atom is -0.344 e. The number of imide groups is 1. The van der Waals surface area contributed by atoms with E-state index in [1.807, 2.05) is 32.0 Å². The third-order valence-electron chi connectivity index (χ3n) is 5.55. The summed E-state index contributed by atoms with van der Waals surface area (Å²) in [5.41, 5.74) is 1.74. The van der Waals surface area contributed by atoms with E-state index < -0.39 is 18.0 Å². The molecule has 1 aromatic rings. The molecule has 10 heteroatoms. The van der Waals surface area contributed by atoms with Gasteiger partial charge in [-0.3, -0.25) is 28.9 Å². The number of anilines is 1. The van der Waals surface area contributed by atoms with Gasteiger partial charge < -0.3 is 16.0 Å². The molecule has 0 spiro atoms. The Morgan fingerprint density at radius 1 is 0.943 bits per heavy atom. The lowest BCUT2D eigenvalue weighted by Crippen LogP contribution is -2.53. The third kappa shape index (κ3) is 9.08. The van der Waals surface area contributed by atoms with Crippen molar-refractivity contribution in [1.29, 1.82) is 0 Å². The fraction of sp³-hybridized carbons (Fsp3) is 0.480. The molecule has 190 valence electrons. The maximum absolute atomic E-state index is 12.8. The van der Waals surface area contributed by atoms with Crippen LogP contribution in [0, 0.1) is 5.92 Å². The van der Waals surface area contributed by atoms with Crippen molar-refractivity contribution in [2.45, 2.75) is 63.0 Å². The summed E-state index contributed by atoms with van der Waals surface area (Å²) in [5.74, 6) is -1.82. The van der Waals surface area contributed by atoms with E-state index in [4.69, 9.17) is 0 Å². The van der Waals surface area contributed by atoms with E-state index in [9.17, 15) is 24.0 Å². The smallest absolute Gasteiger partial charge is 0.253 e. The van der Waals surface area contributed by atoms with E-state index in [1.165, 1.54) is 17.1 Å². The Balaban J connectivity index is 1.76. The molecule has 1 heterocycles. The second-order valence-corrected chi connectivity index (χ2v) is 9.58. The number of rotatable bonds is 13. The zero-order valence-corrected chi connectivity index (χ0v) is 22.5. The van der Waals surface area contributed by atoms with Crippen molar-refractivity contribution in [3.63, 3.8) is 0 Å². The van der Waals surface area contributed by atoms with Gasteiger partial charge in [-0.15, -0.1) is 0 Å². The number of hydrogen-bond acceptors (Lipinski definition) is 5. The largest absolute Gasteiger partial charge is 0.344 e. The number of amides is 5. The van der Waals surface area contributed by atoms with Crippen molar-refractivity contribution >= 4 is 57.8 Å². The van der Waals surface area contributed by atoms with Crippen molar-refractivity contribution in [2.75, 3.05) is 11.9 Å². The number of nitrogens with one attached hydrogen (secondary N) is 3. The number of alkyl halides is 1. The average Bonchev–Trinajstić information content (AvgIpc) is 3.14. The summed E-state index contributed by atoms with van der Waals surface area (Å²) in [4.78, 5) is 62.0. The Labute approximate surface area is 219 Å². The molecule has 1 aliphatic heterocycles. The first-order valence-electron chi connectivity index (χ1n) is 11.7. The zero-order valence-electron chi connectivity index (χ0n) is 20.3. The van der Waals surface area contributed by atoms with Crippen molar-refractivity contribution in [2.24, 2.45) is 5.92 Å². The molecular formula is C25H33IN4O5. The number of halogens is 1. The highest BCUT2D eigenvalue weighted by Gasteiger charge is 2.27. The number of carbonyl (C=O) groups is 5. The molecule has 9 nitrogen and oxygen atoms in total. The molecule has 0 aromatic heterocycles. The Hall–Kier alpha value is -2.76. The molecule has 0 fully saturated rings. The summed E-state index contributed by atoms with van der Waals surface area (Å²) in [7, 11) is 0. The van der Waals surface area contributed by atoms with Gasteiger partial charge in [-0.05, 0) is 43.4 Å². The number of unbranched alkanes of at least 4 members (excludes halogenated alkanes) is 2. The number of hydrogen-bond donors (Lipinski definition) is 3. The molecule has 0 bridgehead atoms. The SMILES string of the molecule is CC(C)[C@H](NC(=O)CCCCCN1C(=O)C=CC1=O)C(=O)N[C@@H](C)C(=O)Nc1cccc(CI)c1. The lowest BCUT2D eigenvalue weighted by atomic mass is 10.0. The van der Waals surface area contributed by atoms with Gasteiger partial charge in [-0.1, -0.05) is 55.0 Å². The Morgan fingerprint density at radius 2 is 1.63 bits per heavy atom. The highest BCUT2D eigenvalue weighted by atomic mass is 127. The molecule has 1 aromatic carbocycles. The van der Waals surface area contributed by atoms with E-state index in [0.29, 0.717) is 31.5 Å². The minimum atomic E-state index is -0.783. The molecule has 0 unspecified atom stereocenters. The topological polar surface area (TPSA) is 125 Å². The van der Waals surface area contributed by atoms with Gasteiger partial charge >= 0.3 is 0 Å². The first-order valence-corrected chi connectivity index (χ1v) is 13.2. The molecule has 2 atom stereocenters. The fourth-order valence-corrected chi connectivity index (χ4v) is 3.99. The first kappa shape index (κ1) is 28.5. The van der Waals surface area contributed by atoms with Crippen LogP contribution in [0.4, 0.5) is 5.69 Å². The van der Waals surface area contributed by atoms with E-state index in [0.717, 1.165) is 9.99 Å². The van der Waals surface area contributed by atoms with Crippen LogP contribution in [-0.4, -0.2) is 53.1 Å². The van der Waals surface area contributed by atoms with Crippen LogP contribution in [0.1, 0.15) is 52.0 Å². The lowest BCUT2D eigenvalue weighted by molar-refractivity contribution is -0.137. The summed E-state index contributed by atoms with van der Waals surface area (Å²) in [6, 6.07) is 5.95. The summed E-state index contributed by atoms with van der Waals surface area (Å²) >= 11 is 2.24. The van der Waals surface area contributed by atoms with Crippen LogP contribution in [-0.2, 0) is 28.4 Å². The van der Waals surface area contributed by atoms with E-state index in [-0.39, 0.29) is 36.0 Å². The van der Waals surface area contributed by atoms with Gasteiger partial charge in [-0.25, -0.2) is 0 Å². The molecule has 2 rings (SSSR count). The van der Waals surface area contributed by atoms with Crippen molar-refractivity contribution in [3.05, 3.63) is 42.0 Å². The van der Waals surface area contributed by atoms with Gasteiger partial charge in [-0.2, -0.15) is 0 Å². The molecule has 0 aliphatic carbocycles. The van der Waals surface area contributed by atoms with Crippen molar-refractivity contribution < 1.29 is 24.0 Å². The molecule has 1 aliphatic rings. The van der Waals surface area contributed by atoms with Crippen LogP contribution >= 0.6 is 22.6 Å². The second-order valence-electron chi connectivity index (χ2n) is 8.81. The zero-order chi connectivity index (χ0) is 26.0. The lowest BCUT2D eigenvalue weighted by Gasteiger charge is -2.24. The minimum absolute atomic E-state index is 0.172. The molecule has 0 saturated carbocycles. The monoisotopic (exact) mass is 596 g/mol. The van der Waals surface area contributed by atoms with Crippen LogP contribution in [0.15, 0.2) is 36.4 Å². The van der Waals surface area contributed by atoms with Crippen LogP contribution in [0.25, 0.3) is 0 Å². The van der Waals surface area contributed by atoms with Crippen LogP contribution in [0.3, 0.4) is 0 Å². The Morgan fingerprint density at radius 3 is 2.26 bits per heavy atom. The van der Waals surface area contributed by atoms with E-state index in [1.54, 1.807) is 13.0 Å². The molecule has 0 radical (unpaired) electrons. The predicted octanol–water partition coefficient (Wildman–Crippen LogP) is 2.69. The van der Waals surface area contributed by atoms with Gasteiger partial charge in [0.05, 0.1) is 0 Å². The van der Waals surface area contributed by atoms with Crippen molar-refractivity contribution in [1.82, 2.24) is 15.5 Å². The highest BCUT2D eigenvalue weighted by molar-refractivity contribution is 14.1. The predicted molar refractivity (Wildman–Crippen MR) is 141 cm³/mol. The molecular weight excluding hydrogens is 563 g/mol. The molecule has 0 saturated heterocycles. The van der Waals surface area contributed by atoms with Gasteiger partial charge in [0, 0.05) is 35.2 Å². The van der Waals surface area contributed by atoms with Gasteiger partial charge in [0.25, 0.3) is 11.8 Å². The number of benzene rings is 1. The summed E-state index contributed by atoms with van der Waals surface area (Å²) in [6.07, 6.45) is 4.56. The van der Waals surface area contributed by atoms with Crippen molar-refractivity contribution in [3.8, 4) is 0 Å². The molecule has 35 heavy (non-hydrogen) atoms. The van der Waals surface area contributed by atoms with Crippen LogP contribution in [0.5, 0.6) is 0 Å².